The summed E-state index contributed by atoms with van der Waals surface area (Å²) in [5.41, 5.74) is 5.37. The summed E-state index contributed by atoms with van der Waals surface area (Å²) in [6.07, 6.45) is 3.11. The second-order valence-electron chi connectivity index (χ2n) is 11.7. The quantitative estimate of drug-likeness (QED) is 0.451. The van der Waals surface area contributed by atoms with E-state index in [1.165, 1.54) is 22.3 Å². The zero-order valence-electron chi connectivity index (χ0n) is 23.8. The van der Waals surface area contributed by atoms with Crippen LogP contribution >= 0.6 is 0 Å². The molecule has 1 spiro atoms. The monoisotopic (exact) mass is 553 g/mol. The first-order valence-corrected chi connectivity index (χ1v) is 14.8. The molecule has 1 fully saturated rings. The number of carbonyl (C=O) groups excluding carboxylic acids is 2. The molecule has 0 atom stereocenters. The molecule has 1 saturated heterocycles. The van der Waals surface area contributed by atoms with Crippen LogP contribution in [0.3, 0.4) is 0 Å². The van der Waals surface area contributed by atoms with Gasteiger partial charge in [-0.3, -0.25) is 4.79 Å². The van der Waals surface area contributed by atoms with E-state index in [0.717, 1.165) is 32.4 Å². The van der Waals surface area contributed by atoms with Gasteiger partial charge in [-0.25, -0.2) is 4.79 Å². The van der Waals surface area contributed by atoms with Gasteiger partial charge in [-0.15, -0.1) is 0 Å². The summed E-state index contributed by atoms with van der Waals surface area (Å²) in [7, 11) is 1.88. The van der Waals surface area contributed by atoms with Crippen molar-refractivity contribution in [3.8, 4) is 16.9 Å². The maximum atomic E-state index is 13.6. The Morgan fingerprint density at radius 3 is 2.24 bits per heavy atom. The van der Waals surface area contributed by atoms with Gasteiger partial charge in [0.15, 0.2) is 0 Å². The number of hydrogen-bond donors (Lipinski definition) is 1. The molecule has 2 heterocycles. The first-order chi connectivity index (χ1) is 20.0. The van der Waals surface area contributed by atoms with Crippen LogP contribution in [-0.2, 0) is 4.74 Å². The Hall–Kier alpha value is -3.84. The third kappa shape index (κ3) is 5.68. The molecule has 7 heteroatoms. The van der Waals surface area contributed by atoms with Crippen molar-refractivity contribution in [1.82, 2.24) is 15.1 Å². The SMILES string of the molecule is CN1CC2(CCNCC2)CCN(C(=O)OCC2c3ccccc3-c3ccccc32)CCCOc2ccccc2C1=O. The van der Waals surface area contributed by atoms with Gasteiger partial charge >= 0.3 is 6.09 Å². The zero-order valence-corrected chi connectivity index (χ0v) is 23.8. The van der Waals surface area contributed by atoms with E-state index in [1.807, 2.05) is 41.1 Å². The fourth-order valence-electron chi connectivity index (χ4n) is 6.78. The summed E-state index contributed by atoms with van der Waals surface area (Å²) < 4.78 is 12.1. The Kier molecular flexibility index (Phi) is 7.97. The van der Waals surface area contributed by atoms with Crippen LogP contribution in [0, 0.1) is 5.41 Å². The average molecular weight is 554 g/mol. The van der Waals surface area contributed by atoms with E-state index in [0.29, 0.717) is 50.6 Å². The molecule has 2 amide bonds. The maximum absolute atomic E-state index is 13.6. The lowest BCUT2D eigenvalue weighted by Crippen LogP contribution is -2.47. The summed E-state index contributed by atoms with van der Waals surface area (Å²) >= 11 is 0. The Bertz CT molecular complexity index is 1350. The predicted molar refractivity (Wildman–Crippen MR) is 159 cm³/mol. The van der Waals surface area contributed by atoms with E-state index in [9.17, 15) is 9.59 Å². The van der Waals surface area contributed by atoms with E-state index in [2.05, 4.69) is 53.8 Å². The number of hydrogen-bond acceptors (Lipinski definition) is 5. The van der Waals surface area contributed by atoms with Gasteiger partial charge in [0.05, 0.1) is 12.2 Å². The molecule has 3 aromatic carbocycles. The molecule has 214 valence electrons. The van der Waals surface area contributed by atoms with Crippen LogP contribution in [-0.4, -0.2) is 74.8 Å². The van der Waals surface area contributed by atoms with E-state index < -0.39 is 0 Å². The second-order valence-corrected chi connectivity index (χ2v) is 11.7. The van der Waals surface area contributed by atoms with Gasteiger partial charge in [-0.05, 0) is 78.6 Å². The molecular weight excluding hydrogens is 514 g/mol. The van der Waals surface area contributed by atoms with Crippen molar-refractivity contribution in [2.45, 2.75) is 31.6 Å². The molecule has 1 aliphatic carbocycles. The van der Waals surface area contributed by atoms with E-state index in [4.69, 9.17) is 9.47 Å². The highest BCUT2D eigenvalue weighted by Crippen LogP contribution is 2.44. The Balaban J connectivity index is 1.21. The first kappa shape index (κ1) is 27.3. The zero-order chi connectivity index (χ0) is 28.2. The molecular formula is C34H39N3O4. The normalized spacial score (nSPS) is 19.2. The van der Waals surface area contributed by atoms with Crippen LogP contribution < -0.4 is 10.1 Å². The van der Waals surface area contributed by atoms with E-state index in [-0.39, 0.29) is 23.3 Å². The third-order valence-corrected chi connectivity index (χ3v) is 9.04. The lowest BCUT2D eigenvalue weighted by molar-refractivity contribution is 0.0582. The van der Waals surface area contributed by atoms with Crippen molar-refractivity contribution in [2.75, 3.05) is 53.0 Å². The summed E-state index contributed by atoms with van der Waals surface area (Å²) in [6.45, 7) is 4.30. The minimum atomic E-state index is -0.282. The fourth-order valence-corrected chi connectivity index (χ4v) is 6.78. The number of ether oxygens (including phenoxy) is 2. The van der Waals surface area contributed by atoms with Crippen LogP contribution in [0.5, 0.6) is 5.75 Å². The van der Waals surface area contributed by atoms with Crippen LogP contribution in [0.2, 0.25) is 0 Å². The van der Waals surface area contributed by atoms with E-state index in [1.54, 1.807) is 0 Å². The molecule has 41 heavy (non-hydrogen) atoms. The number of nitrogens with one attached hydrogen (secondary N) is 1. The average Bonchev–Trinajstić information content (AvgIpc) is 3.33. The summed E-state index contributed by atoms with van der Waals surface area (Å²) in [6, 6.07) is 24.3. The summed E-state index contributed by atoms with van der Waals surface area (Å²) in [5, 5.41) is 3.47. The number of amides is 2. The number of carbonyl (C=O) groups is 2. The number of benzene rings is 3. The molecule has 0 radical (unpaired) electrons. The molecule has 1 N–H and O–H groups in total. The topological polar surface area (TPSA) is 71.1 Å². The predicted octanol–water partition coefficient (Wildman–Crippen LogP) is 5.55. The van der Waals surface area contributed by atoms with Crippen LogP contribution in [0.1, 0.15) is 53.1 Å². The second kappa shape index (κ2) is 12.0. The van der Waals surface area contributed by atoms with Crippen LogP contribution in [0.25, 0.3) is 11.1 Å². The molecule has 0 unspecified atom stereocenters. The summed E-state index contributed by atoms with van der Waals surface area (Å²) in [4.78, 5) is 30.8. The van der Waals surface area contributed by atoms with Crippen molar-refractivity contribution >= 4 is 12.0 Å². The van der Waals surface area contributed by atoms with Gasteiger partial charge in [0.1, 0.15) is 12.4 Å². The van der Waals surface area contributed by atoms with Crippen molar-refractivity contribution in [3.05, 3.63) is 89.5 Å². The number of fused-ring (bicyclic) bond motifs is 4. The molecule has 3 aliphatic rings. The molecule has 7 nitrogen and oxygen atoms in total. The molecule has 0 aromatic heterocycles. The molecule has 3 aromatic rings. The number of piperidine rings is 1. The highest BCUT2D eigenvalue weighted by Gasteiger charge is 2.36. The fraction of sp³-hybridized carbons (Fsp3) is 0.412. The molecule has 0 saturated carbocycles. The smallest absolute Gasteiger partial charge is 0.409 e. The van der Waals surface area contributed by atoms with Gasteiger partial charge in [0.25, 0.3) is 5.91 Å². The Morgan fingerprint density at radius 2 is 1.54 bits per heavy atom. The van der Waals surface area contributed by atoms with Crippen LogP contribution in [0.4, 0.5) is 4.79 Å². The Morgan fingerprint density at radius 1 is 0.902 bits per heavy atom. The highest BCUT2D eigenvalue weighted by atomic mass is 16.6. The Labute approximate surface area is 242 Å². The highest BCUT2D eigenvalue weighted by molar-refractivity contribution is 5.96. The van der Waals surface area contributed by atoms with Crippen molar-refractivity contribution in [1.29, 1.82) is 0 Å². The minimum absolute atomic E-state index is 0.0221. The largest absolute Gasteiger partial charge is 0.493 e. The molecule has 6 rings (SSSR count). The lowest BCUT2D eigenvalue weighted by Gasteiger charge is -2.41. The van der Waals surface area contributed by atoms with Gasteiger partial charge in [-0.1, -0.05) is 60.7 Å². The summed E-state index contributed by atoms with van der Waals surface area (Å²) in [5.74, 6) is 0.597. The molecule has 2 aliphatic heterocycles. The van der Waals surface area contributed by atoms with E-state index >= 15 is 0 Å². The number of para-hydroxylation sites is 1. The van der Waals surface area contributed by atoms with Gasteiger partial charge in [0.2, 0.25) is 0 Å². The maximum Gasteiger partial charge on any atom is 0.409 e. The van der Waals surface area contributed by atoms with Crippen LogP contribution in [0.15, 0.2) is 72.8 Å². The molecule has 0 bridgehead atoms. The van der Waals surface area contributed by atoms with Gasteiger partial charge < -0.3 is 24.6 Å². The van der Waals surface area contributed by atoms with Crippen molar-refractivity contribution in [3.63, 3.8) is 0 Å². The van der Waals surface area contributed by atoms with Gasteiger partial charge in [0, 0.05) is 32.6 Å². The standard InChI is InChI=1S/C34H39N3O4/c1-36-24-34(15-18-35-19-16-34)17-21-37(20-8-22-40-31-14-7-6-13-29(31)32(36)38)33(39)41-23-30-27-11-4-2-9-25(27)26-10-3-5-12-28(26)30/h2-7,9-14,30,35H,8,15-24H2,1H3. The number of rotatable bonds is 2. The lowest BCUT2D eigenvalue weighted by atomic mass is 9.75. The first-order valence-electron chi connectivity index (χ1n) is 14.8. The van der Waals surface area contributed by atoms with Crippen molar-refractivity contribution in [2.24, 2.45) is 5.41 Å². The third-order valence-electron chi connectivity index (χ3n) is 9.04. The van der Waals surface area contributed by atoms with Crippen molar-refractivity contribution < 1.29 is 19.1 Å². The number of nitrogens with zero attached hydrogens (tertiary/aromatic N) is 2. The minimum Gasteiger partial charge on any atom is -0.493 e. The van der Waals surface area contributed by atoms with Gasteiger partial charge in [-0.2, -0.15) is 0 Å².